The summed E-state index contributed by atoms with van der Waals surface area (Å²) in [4.78, 5) is 38.0. The van der Waals surface area contributed by atoms with Gasteiger partial charge < -0.3 is 9.47 Å². The summed E-state index contributed by atoms with van der Waals surface area (Å²) in [6, 6.07) is 0. The van der Waals surface area contributed by atoms with Crippen LogP contribution in [0.25, 0.3) is 0 Å². The van der Waals surface area contributed by atoms with Crippen LogP contribution in [0.15, 0.2) is 11.1 Å². The van der Waals surface area contributed by atoms with Crippen LogP contribution in [0.2, 0.25) is 25.2 Å². The highest BCUT2D eigenvalue weighted by molar-refractivity contribution is 6.81. The third-order valence-electron chi connectivity index (χ3n) is 5.64. The van der Waals surface area contributed by atoms with Crippen molar-refractivity contribution in [3.8, 4) is 0 Å². The molecule has 2 aliphatic rings. The molecule has 0 saturated heterocycles. The summed E-state index contributed by atoms with van der Waals surface area (Å²) >= 11 is 0. The Labute approximate surface area is 144 Å². The van der Waals surface area contributed by atoms with Gasteiger partial charge in [-0.1, -0.05) is 25.2 Å². The minimum atomic E-state index is -1.80. The molecule has 2 rings (SSSR count). The topological polar surface area (TPSA) is 69.7 Å². The lowest BCUT2D eigenvalue weighted by Crippen LogP contribution is -2.41. The standard InChI is InChI=1S/C18H28O5Si/c1-10(2)13-11-8-18(16(20)22-3,17(21)23-4)9-12(11)15(14(13)19)24(5,6)7/h11-12,15H,8-9H2,1-7H3/t11-,12-,15+/m1/s1. The summed E-state index contributed by atoms with van der Waals surface area (Å²) < 4.78 is 9.88. The number of hydrogen-bond donors (Lipinski definition) is 0. The highest BCUT2D eigenvalue weighted by atomic mass is 28.3. The molecule has 2 saturated carbocycles. The fourth-order valence-electron chi connectivity index (χ4n) is 4.83. The number of Topliss-reactive ketones (excluding diaryl/α,β-unsaturated/α-hetero) is 1. The van der Waals surface area contributed by atoms with E-state index in [0.717, 1.165) is 11.1 Å². The maximum Gasteiger partial charge on any atom is 0.323 e. The first kappa shape index (κ1) is 18.9. The van der Waals surface area contributed by atoms with Gasteiger partial charge in [-0.3, -0.25) is 14.4 Å². The van der Waals surface area contributed by atoms with E-state index in [1.54, 1.807) is 0 Å². The summed E-state index contributed by atoms with van der Waals surface area (Å²) in [5.41, 5.74) is 0.463. The van der Waals surface area contributed by atoms with Crippen molar-refractivity contribution >= 4 is 25.8 Å². The molecule has 0 unspecified atom stereocenters. The van der Waals surface area contributed by atoms with Gasteiger partial charge in [0.15, 0.2) is 11.2 Å². The van der Waals surface area contributed by atoms with Crippen molar-refractivity contribution in [2.75, 3.05) is 14.2 Å². The molecule has 0 radical (unpaired) electrons. The SMILES string of the molecule is COC(=O)C1(C(=O)OC)C[C@H]2[C@H]([Si](C)(C)C)C(=O)C(=C(C)C)[C@@H]2C1. The maximum absolute atomic E-state index is 13.0. The zero-order valence-corrected chi connectivity index (χ0v) is 16.7. The fourth-order valence-corrected chi connectivity index (χ4v) is 7.40. The molecular formula is C18H28O5Si. The molecule has 0 spiro atoms. The van der Waals surface area contributed by atoms with Crippen molar-refractivity contribution in [1.82, 2.24) is 0 Å². The number of ketones is 1. The number of carbonyl (C=O) groups excluding carboxylic acids is 3. The summed E-state index contributed by atoms with van der Waals surface area (Å²) in [6.45, 7) is 10.4. The van der Waals surface area contributed by atoms with Crippen LogP contribution < -0.4 is 0 Å². The highest BCUT2D eigenvalue weighted by Crippen LogP contribution is 2.61. The first-order valence-corrected chi connectivity index (χ1v) is 12.0. The first-order chi connectivity index (χ1) is 11.0. The summed E-state index contributed by atoms with van der Waals surface area (Å²) in [6.07, 6.45) is 0.652. The Hall–Kier alpha value is -1.43. The Balaban J connectivity index is 2.57. The maximum atomic E-state index is 13.0. The van der Waals surface area contributed by atoms with E-state index in [4.69, 9.17) is 9.47 Å². The number of ether oxygens (including phenoxy) is 2. The molecule has 2 aliphatic carbocycles. The molecular weight excluding hydrogens is 324 g/mol. The number of hydrogen-bond acceptors (Lipinski definition) is 5. The molecule has 2 fully saturated rings. The van der Waals surface area contributed by atoms with Gasteiger partial charge in [-0.05, 0) is 44.1 Å². The predicted octanol–water partition coefficient (Wildman–Crippen LogP) is 2.97. The molecule has 5 nitrogen and oxygen atoms in total. The predicted molar refractivity (Wildman–Crippen MR) is 93.2 cm³/mol. The van der Waals surface area contributed by atoms with Gasteiger partial charge in [-0.25, -0.2) is 0 Å². The number of esters is 2. The monoisotopic (exact) mass is 352 g/mol. The summed E-state index contributed by atoms with van der Waals surface area (Å²) in [5, 5.41) is 0. The van der Waals surface area contributed by atoms with Gasteiger partial charge in [0.25, 0.3) is 0 Å². The smallest absolute Gasteiger partial charge is 0.323 e. The lowest BCUT2D eigenvalue weighted by molar-refractivity contribution is -0.169. The largest absolute Gasteiger partial charge is 0.468 e. The van der Waals surface area contributed by atoms with Crippen LogP contribution in [-0.4, -0.2) is 40.0 Å². The van der Waals surface area contributed by atoms with Crippen molar-refractivity contribution in [2.45, 2.75) is 51.9 Å². The van der Waals surface area contributed by atoms with E-state index in [-0.39, 0.29) is 23.2 Å². The van der Waals surface area contributed by atoms with Gasteiger partial charge >= 0.3 is 11.9 Å². The quantitative estimate of drug-likeness (QED) is 0.338. The molecule has 134 valence electrons. The Morgan fingerprint density at radius 2 is 1.54 bits per heavy atom. The van der Waals surface area contributed by atoms with Crippen molar-refractivity contribution in [3.05, 3.63) is 11.1 Å². The Morgan fingerprint density at radius 3 is 1.92 bits per heavy atom. The molecule has 24 heavy (non-hydrogen) atoms. The van der Waals surface area contributed by atoms with Gasteiger partial charge in [0.1, 0.15) is 0 Å². The van der Waals surface area contributed by atoms with Crippen molar-refractivity contribution in [3.63, 3.8) is 0 Å². The van der Waals surface area contributed by atoms with Gasteiger partial charge in [-0.2, -0.15) is 0 Å². The molecule has 0 N–H and O–H groups in total. The molecule has 0 amide bonds. The van der Waals surface area contributed by atoms with Crippen LogP contribution >= 0.6 is 0 Å². The van der Waals surface area contributed by atoms with Crippen LogP contribution in [0, 0.1) is 17.3 Å². The van der Waals surface area contributed by atoms with Gasteiger partial charge in [0.05, 0.1) is 22.3 Å². The first-order valence-electron chi connectivity index (χ1n) is 8.39. The van der Waals surface area contributed by atoms with Crippen LogP contribution in [0.4, 0.5) is 0 Å². The van der Waals surface area contributed by atoms with Crippen molar-refractivity contribution < 1.29 is 23.9 Å². The van der Waals surface area contributed by atoms with Crippen molar-refractivity contribution in [1.29, 1.82) is 0 Å². The van der Waals surface area contributed by atoms with E-state index in [9.17, 15) is 14.4 Å². The Bertz CT molecular complexity index is 593. The van der Waals surface area contributed by atoms with Gasteiger partial charge in [-0.15, -0.1) is 0 Å². The number of carbonyl (C=O) groups is 3. The lowest BCUT2D eigenvalue weighted by atomic mass is 9.82. The van der Waals surface area contributed by atoms with Crippen molar-refractivity contribution in [2.24, 2.45) is 17.3 Å². The average Bonchev–Trinajstić information content (AvgIpc) is 2.96. The van der Waals surface area contributed by atoms with Crippen LogP contribution in [0.3, 0.4) is 0 Å². The molecule has 0 aromatic heterocycles. The fraction of sp³-hybridized carbons (Fsp3) is 0.722. The van der Waals surface area contributed by atoms with E-state index in [2.05, 4.69) is 19.6 Å². The second-order valence-electron chi connectivity index (χ2n) is 8.37. The molecule has 0 aromatic carbocycles. The van der Waals surface area contributed by atoms with Crippen LogP contribution in [0.5, 0.6) is 0 Å². The second-order valence-corrected chi connectivity index (χ2v) is 13.7. The van der Waals surface area contributed by atoms with E-state index < -0.39 is 25.4 Å². The highest BCUT2D eigenvalue weighted by Gasteiger charge is 2.65. The van der Waals surface area contributed by atoms with E-state index in [0.29, 0.717) is 12.8 Å². The van der Waals surface area contributed by atoms with E-state index in [1.165, 1.54) is 14.2 Å². The third-order valence-corrected chi connectivity index (χ3v) is 8.20. The van der Waals surface area contributed by atoms with Gasteiger partial charge in [0, 0.05) is 5.54 Å². The molecule has 6 heteroatoms. The zero-order chi connectivity index (χ0) is 18.4. The molecule has 0 aliphatic heterocycles. The molecule has 0 heterocycles. The normalized spacial score (nSPS) is 28.5. The van der Waals surface area contributed by atoms with Crippen LogP contribution in [-0.2, 0) is 23.9 Å². The Morgan fingerprint density at radius 1 is 1.04 bits per heavy atom. The van der Waals surface area contributed by atoms with Gasteiger partial charge in [0.2, 0.25) is 0 Å². The average molecular weight is 353 g/mol. The minimum Gasteiger partial charge on any atom is -0.468 e. The second kappa shape index (κ2) is 6.13. The number of allylic oxidation sites excluding steroid dienone is 2. The number of fused-ring (bicyclic) bond motifs is 1. The Kier molecular flexibility index (Phi) is 4.83. The third kappa shape index (κ3) is 2.64. The molecule has 0 bridgehead atoms. The number of rotatable bonds is 3. The number of methoxy groups -OCH3 is 2. The minimum absolute atomic E-state index is 0.0206. The van der Waals surface area contributed by atoms with Crippen LogP contribution in [0.1, 0.15) is 26.7 Å². The molecule has 3 atom stereocenters. The summed E-state index contributed by atoms with van der Waals surface area (Å²) in [7, 11) is 0.790. The lowest BCUT2D eigenvalue weighted by Gasteiger charge is -2.30. The van der Waals surface area contributed by atoms with E-state index in [1.807, 2.05) is 13.8 Å². The zero-order valence-electron chi connectivity index (χ0n) is 15.7. The van der Waals surface area contributed by atoms with E-state index >= 15 is 0 Å². The summed E-state index contributed by atoms with van der Waals surface area (Å²) in [5.74, 6) is -0.894. The molecule has 0 aromatic rings.